The van der Waals surface area contributed by atoms with Crippen LogP contribution in [0.1, 0.15) is 25.3 Å². The first-order valence-electron chi connectivity index (χ1n) is 5.41. The van der Waals surface area contributed by atoms with Gasteiger partial charge in [0.25, 0.3) is 0 Å². The van der Waals surface area contributed by atoms with Crippen molar-refractivity contribution in [1.82, 2.24) is 0 Å². The number of rotatable bonds is 4. The van der Waals surface area contributed by atoms with Crippen molar-refractivity contribution >= 4 is 11.6 Å². The molecule has 4 heteroatoms. The average molecular weight is 222 g/mol. The molecule has 1 rings (SSSR count). The number of benzene rings is 1. The fourth-order valence-electron chi connectivity index (χ4n) is 1.43. The van der Waals surface area contributed by atoms with Crippen LogP contribution in [0.4, 0.5) is 5.69 Å². The molecule has 1 aromatic rings. The lowest BCUT2D eigenvalue weighted by atomic mass is 10.1. The number of aromatic hydroxyl groups is 1. The maximum atomic E-state index is 11.6. The molecular weight excluding hydrogens is 204 g/mol. The smallest absolute Gasteiger partial charge is 0.241 e. The van der Waals surface area contributed by atoms with E-state index in [2.05, 4.69) is 5.32 Å². The number of para-hydroxylation sites is 1. The second kappa shape index (κ2) is 5.51. The number of nitrogens with two attached hydrogens (primary N) is 1. The largest absolute Gasteiger partial charge is 0.505 e. The predicted molar refractivity (Wildman–Crippen MR) is 64.4 cm³/mol. The molecule has 1 amide bonds. The molecule has 0 aliphatic heterocycles. The molecule has 0 aliphatic carbocycles. The second-order valence-corrected chi connectivity index (χ2v) is 3.86. The Bertz CT molecular complexity index is 377. The van der Waals surface area contributed by atoms with Crippen molar-refractivity contribution in [3.8, 4) is 5.75 Å². The van der Waals surface area contributed by atoms with Gasteiger partial charge in [-0.25, -0.2) is 0 Å². The number of hydrogen-bond donors (Lipinski definition) is 3. The highest BCUT2D eigenvalue weighted by Crippen LogP contribution is 2.26. The van der Waals surface area contributed by atoms with Gasteiger partial charge in [0.05, 0.1) is 11.7 Å². The Morgan fingerprint density at radius 2 is 2.25 bits per heavy atom. The van der Waals surface area contributed by atoms with Crippen molar-refractivity contribution in [3.63, 3.8) is 0 Å². The number of anilines is 1. The summed E-state index contributed by atoms with van der Waals surface area (Å²) in [5.74, 6) is -0.165. The van der Waals surface area contributed by atoms with E-state index in [0.717, 1.165) is 12.0 Å². The molecule has 0 heterocycles. The van der Waals surface area contributed by atoms with E-state index >= 15 is 0 Å². The first-order valence-corrected chi connectivity index (χ1v) is 5.41. The molecule has 1 atom stereocenters. The van der Waals surface area contributed by atoms with Crippen LogP contribution in [0.3, 0.4) is 0 Å². The lowest BCUT2D eigenvalue weighted by molar-refractivity contribution is -0.117. The summed E-state index contributed by atoms with van der Waals surface area (Å²) in [6, 6.07) is 4.68. The Morgan fingerprint density at radius 3 is 2.88 bits per heavy atom. The molecule has 4 N–H and O–H groups in total. The van der Waals surface area contributed by atoms with Gasteiger partial charge in [-0.15, -0.1) is 0 Å². The molecule has 0 radical (unpaired) electrons. The standard InChI is InChI=1S/C12H18N2O2/c1-3-5-9(13)12(16)14-10-7-4-6-8(2)11(10)15/h4,6-7,9,15H,3,5,13H2,1-2H3,(H,14,16). The number of hydrogen-bond acceptors (Lipinski definition) is 3. The first kappa shape index (κ1) is 12.5. The van der Waals surface area contributed by atoms with E-state index in [4.69, 9.17) is 5.73 Å². The summed E-state index contributed by atoms with van der Waals surface area (Å²) in [4.78, 5) is 11.6. The summed E-state index contributed by atoms with van der Waals surface area (Å²) in [6.07, 6.45) is 1.49. The average Bonchev–Trinajstić information content (AvgIpc) is 2.25. The Hall–Kier alpha value is -1.55. The third-order valence-corrected chi connectivity index (χ3v) is 2.43. The normalized spacial score (nSPS) is 12.2. The summed E-state index contributed by atoms with van der Waals surface area (Å²) in [6.45, 7) is 3.74. The quantitative estimate of drug-likeness (QED) is 0.679. The van der Waals surface area contributed by atoms with Crippen LogP contribution in [-0.2, 0) is 4.79 Å². The third-order valence-electron chi connectivity index (χ3n) is 2.43. The van der Waals surface area contributed by atoms with E-state index < -0.39 is 6.04 Å². The lowest BCUT2D eigenvalue weighted by Gasteiger charge is -2.12. The number of carbonyl (C=O) groups excluding carboxylic acids is 1. The summed E-state index contributed by atoms with van der Waals surface area (Å²) in [7, 11) is 0. The minimum absolute atomic E-state index is 0.0968. The van der Waals surface area contributed by atoms with Crippen molar-refractivity contribution in [1.29, 1.82) is 0 Å². The second-order valence-electron chi connectivity index (χ2n) is 3.86. The Balaban J connectivity index is 2.73. The fourth-order valence-corrected chi connectivity index (χ4v) is 1.43. The van der Waals surface area contributed by atoms with Crippen molar-refractivity contribution in [2.45, 2.75) is 32.7 Å². The highest BCUT2D eigenvalue weighted by atomic mass is 16.3. The summed E-state index contributed by atoms with van der Waals surface area (Å²) < 4.78 is 0. The molecule has 16 heavy (non-hydrogen) atoms. The monoisotopic (exact) mass is 222 g/mol. The number of amides is 1. The van der Waals surface area contributed by atoms with Gasteiger partial charge in [-0.3, -0.25) is 4.79 Å². The van der Waals surface area contributed by atoms with Crippen LogP contribution in [0.2, 0.25) is 0 Å². The van der Waals surface area contributed by atoms with Gasteiger partial charge in [-0.05, 0) is 25.0 Å². The van der Waals surface area contributed by atoms with Crippen LogP contribution < -0.4 is 11.1 Å². The zero-order chi connectivity index (χ0) is 12.1. The van der Waals surface area contributed by atoms with Gasteiger partial charge in [0, 0.05) is 0 Å². The van der Waals surface area contributed by atoms with Gasteiger partial charge in [0.15, 0.2) is 0 Å². The van der Waals surface area contributed by atoms with E-state index in [0.29, 0.717) is 12.1 Å². The SMILES string of the molecule is CCCC(N)C(=O)Nc1cccc(C)c1O. The lowest BCUT2D eigenvalue weighted by Crippen LogP contribution is -2.35. The number of carbonyl (C=O) groups is 1. The Labute approximate surface area is 95.5 Å². The zero-order valence-corrected chi connectivity index (χ0v) is 9.66. The van der Waals surface area contributed by atoms with E-state index in [1.807, 2.05) is 6.92 Å². The maximum absolute atomic E-state index is 11.6. The summed E-state index contributed by atoms with van der Waals surface area (Å²) in [5, 5.41) is 12.3. The molecule has 88 valence electrons. The molecule has 1 unspecified atom stereocenters. The molecule has 0 aromatic heterocycles. The van der Waals surface area contributed by atoms with Gasteiger partial charge in [0.2, 0.25) is 5.91 Å². The Morgan fingerprint density at radius 1 is 1.56 bits per heavy atom. The molecule has 4 nitrogen and oxygen atoms in total. The number of phenolic OH excluding ortho intramolecular Hbond substituents is 1. The van der Waals surface area contributed by atoms with Crippen LogP contribution in [0.15, 0.2) is 18.2 Å². The van der Waals surface area contributed by atoms with E-state index in [1.54, 1.807) is 25.1 Å². The van der Waals surface area contributed by atoms with Crippen molar-refractivity contribution in [2.24, 2.45) is 5.73 Å². The maximum Gasteiger partial charge on any atom is 0.241 e. The molecule has 1 aromatic carbocycles. The number of phenols is 1. The topological polar surface area (TPSA) is 75.4 Å². The molecule has 0 saturated heterocycles. The minimum atomic E-state index is -0.523. The molecule has 0 aliphatic rings. The van der Waals surface area contributed by atoms with Crippen LogP contribution in [0, 0.1) is 6.92 Å². The fraction of sp³-hybridized carbons (Fsp3) is 0.417. The molecule has 0 fully saturated rings. The van der Waals surface area contributed by atoms with Gasteiger partial charge in [0.1, 0.15) is 5.75 Å². The van der Waals surface area contributed by atoms with Crippen molar-refractivity contribution < 1.29 is 9.90 Å². The Kier molecular flexibility index (Phi) is 4.31. The van der Waals surface area contributed by atoms with Gasteiger partial charge >= 0.3 is 0 Å². The van der Waals surface area contributed by atoms with Crippen LogP contribution in [0.5, 0.6) is 5.75 Å². The van der Waals surface area contributed by atoms with Crippen LogP contribution in [0.25, 0.3) is 0 Å². The summed E-state index contributed by atoms with van der Waals surface area (Å²) >= 11 is 0. The van der Waals surface area contributed by atoms with E-state index in [9.17, 15) is 9.90 Å². The zero-order valence-electron chi connectivity index (χ0n) is 9.66. The predicted octanol–water partition coefficient (Wildman–Crippen LogP) is 1.77. The minimum Gasteiger partial charge on any atom is -0.505 e. The third kappa shape index (κ3) is 2.97. The van der Waals surface area contributed by atoms with Crippen molar-refractivity contribution in [2.75, 3.05) is 5.32 Å². The van der Waals surface area contributed by atoms with Gasteiger partial charge in [-0.1, -0.05) is 25.5 Å². The highest BCUT2D eigenvalue weighted by Gasteiger charge is 2.14. The van der Waals surface area contributed by atoms with Crippen LogP contribution >= 0.6 is 0 Å². The van der Waals surface area contributed by atoms with E-state index in [-0.39, 0.29) is 11.7 Å². The molecule has 0 spiro atoms. The number of aryl methyl sites for hydroxylation is 1. The van der Waals surface area contributed by atoms with Gasteiger partial charge in [-0.2, -0.15) is 0 Å². The molecular formula is C12H18N2O2. The first-order chi connectivity index (χ1) is 7.56. The molecule has 0 saturated carbocycles. The van der Waals surface area contributed by atoms with Gasteiger partial charge < -0.3 is 16.2 Å². The highest BCUT2D eigenvalue weighted by molar-refractivity contribution is 5.96. The van der Waals surface area contributed by atoms with Crippen molar-refractivity contribution in [3.05, 3.63) is 23.8 Å². The molecule has 0 bridgehead atoms. The van der Waals surface area contributed by atoms with Crippen LogP contribution in [-0.4, -0.2) is 17.1 Å². The van der Waals surface area contributed by atoms with E-state index in [1.165, 1.54) is 0 Å². The number of nitrogens with one attached hydrogen (secondary N) is 1. The summed E-state index contributed by atoms with van der Waals surface area (Å²) in [5.41, 5.74) is 6.81.